The van der Waals surface area contributed by atoms with E-state index in [1.54, 1.807) is 0 Å². The van der Waals surface area contributed by atoms with Crippen LogP contribution in [-0.2, 0) is 0 Å². The zero-order valence-electron chi connectivity index (χ0n) is 16.0. The third-order valence-electron chi connectivity index (χ3n) is 4.87. The maximum Gasteiger partial charge on any atom is 0.256 e. The van der Waals surface area contributed by atoms with Crippen LogP contribution in [0.4, 0.5) is 10.1 Å². The second-order valence-corrected chi connectivity index (χ2v) is 7.33. The monoisotopic (exact) mass is 404 g/mol. The Kier molecular flexibility index (Phi) is 5.03. The number of nitrogens with one attached hydrogen (secondary N) is 1. The standard InChI is InChI=1S/C24H18ClFN2O/c1-14-7-9-16(10-8-14)23-15(2)22(18-5-3-4-6-21(18)28-23)24(29)27-17-11-12-20(26)19(25)13-17/h3-13H,1-2H3,(H,27,29). The number of halogens is 2. The first-order valence-corrected chi connectivity index (χ1v) is 9.54. The normalized spacial score (nSPS) is 10.9. The number of carbonyl (C=O) groups excluding carboxylic acids is 1. The molecule has 0 saturated carbocycles. The molecule has 144 valence electrons. The van der Waals surface area contributed by atoms with Crippen LogP contribution in [0, 0.1) is 19.7 Å². The highest BCUT2D eigenvalue weighted by molar-refractivity contribution is 6.31. The fourth-order valence-electron chi connectivity index (χ4n) is 3.36. The number of pyridine rings is 1. The van der Waals surface area contributed by atoms with Crippen molar-refractivity contribution in [3.8, 4) is 11.3 Å². The Morgan fingerprint density at radius 3 is 2.45 bits per heavy atom. The number of hydrogen-bond acceptors (Lipinski definition) is 2. The molecule has 29 heavy (non-hydrogen) atoms. The molecule has 1 amide bonds. The van der Waals surface area contributed by atoms with Crippen molar-refractivity contribution in [2.75, 3.05) is 5.32 Å². The lowest BCUT2D eigenvalue weighted by Crippen LogP contribution is -2.15. The number of aryl methyl sites for hydroxylation is 1. The molecule has 0 radical (unpaired) electrons. The van der Waals surface area contributed by atoms with Gasteiger partial charge in [0, 0.05) is 16.6 Å². The predicted molar refractivity (Wildman–Crippen MR) is 116 cm³/mol. The first-order chi connectivity index (χ1) is 13.9. The third-order valence-corrected chi connectivity index (χ3v) is 5.16. The van der Waals surface area contributed by atoms with Gasteiger partial charge >= 0.3 is 0 Å². The molecule has 5 heteroatoms. The van der Waals surface area contributed by atoms with Crippen LogP contribution in [-0.4, -0.2) is 10.9 Å². The molecule has 0 aliphatic heterocycles. The Balaban J connectivity index is 1.85. The van der Waals surface area contributed by atoms with Crippen LogP contribution in [0.3, 0.4) is 0 Å². The Labute approximate surface area is 173 Å². The molecule has 0 saturated heterocycles. The Hall–Kier alpha value is -3.24. The van der Waals surface area contributed by atoms with Crippen molar-refractivity contribution in [3.05, 3.63) is 94.3 Å². The molecule has 3 aromatic carbocycles. The summed E-state index contributed by atoms with van der Waals surface area (Å²) in [5, 5.41) is 3.54. The van der Waals surface area contributed by atoms with Gasteiger partial charge in [-0.1, -0.05) is 59.6 Å². The van der Waals surface area contributed by atoms with Gasteiger partial charge in [0.1, 0.15) is 5.82 Å². The summed E-state index contributed by atoms with van der Waals surface area (Å²) in [6.45, 7) is 3.92. The van der Waals surface area contributed by atoms with Crippen molar-refractivity contribution in [2.24, 2.45) is 0 Å². The van der Waals surface area contributed by atoms with E-state index in [-0.39, 0.29) is 10.9 Å². The maximum absolute atomic E-state index is 13.4. The highest BCUT2D eigenvalue weighted by atomic mass is 35.5. The number of nitrogens with zero attached hydrogens (tertiary/aromatic N) is 1. The van der Waals surface area contributed by atoms with Crippen molar-refractivity contribution in [1.29, 1.82) is 0 Å². The molecule has 1 heterocycles. The van der Waals surface area contributed by atoms with Crippen LogP contribution < -0.4 is 5.32 Å². The minimum Gasteiger partial charge on any atom is -0.322 e. The van der Waals surface area contributed by atoms with Gasteiger partial charge in [-0.3, -0.25) is 4.79 Å². The average Bonchev–Trinajstić information content (AvgIpc) is 2.71. The first-order valence-electron chi connectivity index (χ1n) is 9.17. The third kappa shape index (κ3) is 3.71. The number of benzene rings is 3. The van der Waals surface area contributed by atoms with Crippen LogP contribution in [0.25, 0.3) is 22.2 Å². The van der Waals surface area contributed by atoms with Crippen molar-refractivity contribution in [3.63, 3.8) is 0 Å². The van der Waals surface area contributed by atoms with Gasteiger partial charge in [-0.15, -0.1) is 0 Å². The average molecular weight is 405 g/mol. The lowest BCUT2D eigenvalue weighted by Gasteiger charge is -2.15. The van der Waals surface area contributed by atoms with Crippen molar-refractivity contribution in [1.82, 2.24) is 4.98 Å². The fraction of sp³-hybridized carbons (Fsp3) is 0.0833. The first kappa shape index (κ1) is 19.1. The summed E-state index contributed by atoms with van der Waals surface area (Å²) in [7, 11) is 0. The maximum atomic E-state index is 13.4. The van der Waals surface area contributed by atoms with Gasteiger partial charge in [-0.05, 0) is 43.7 Å². The zero-order valence-corrected chi connectivity index (χ0v) is 16.7. The van der Waals surface area contributed by atoms with Crippen LogP contribution in [0.5, 0.6) is 0 Å². The summed E-state index contributed by atoms with van der Waals surface area (Å²) in [6.07, 6.45) is 0. The van der Waals surface area contributed by atoms with E-state index in [9.17, 15) is 9.18 Å². The van der Waals surface area contributed by atoms with Crippen LogP contribution >= 0.6 is 11.6 Å². The fourth-order valence-corrected chi connectivity index (χ4v) is 3.54. The molecule has 0 unspecified atom stereocenters. The number of rotatable bonds is 3. The highest BCUT2D eigenvalue weighted by Gasteiger charge is 2.19. The molecule has 0 fully saturated rings. The number of fused-ring (bicyclic) bond motifs is 1. The van der Waals surface area contributed by atoms with Crippen molar-refractivity contribution in [2.45, 2.75) is 13.8 Å². The second kappa shape index (κ2) is 7.64. The molecule has 3 nitrogen and oxygen atoms in total. The van der Waals surface area contributed by atoms with E-state index in [1.165, 1.54) is 18.2 Å². The van der Waals surface area contributed by atoms with Crippen LogP contribution in [0.1, 0.15) is 21.5 Å². The Bertz CT molecular complexity index is 1240. The van der Waals surface area contributed by atoms with Gasteiger partial charge in [-0.25, -0.2) is 9.37 Å². The lowest BCUT2D eigenvalue weighted by molar-refractivity contribution is 0.102. The van der Waals surface area contributed by atoms with Crippen molar-refractivity contribution < 1.29 is 9.18 Å². The van der Waals surface area contributed by atoms with E-state index in [1.807, 2.05) is 62.4 Å². The summed E-state index contributed by atoms with van der Waals surface area (Å²) >= 11 is 5.85. The molecular weight excluding hydrogens is 387 g/mol. The number of hydrogen-bond donors (Lipinski definition) is 1. The summed E-state index contributed by atoms with van der Waals surface area (Å²) < 4.78 is 13.4. The molecule has 4 rings (SSSR count). The molecule has 0 bridgehead atoms. The molecule has 0 aliphatic carbocycles. The van der Waals surface area contributed by atoms with Crippen LogP contribution in [0.2, 0.25) is 5.02 Å². The SMILES string of the molecule is Cc1ccc(-c2nc3ccccc3c(C(=O)Nc3ccc(F)c(Cl)c3)c2C)cc1. The quantitative estimate of drug-likeness (QED) is 0.420. The Morgan fingerprint density at radius 1 is 1.00 bits per heavy atom. The summed E-state index contributed by atoms with van der Waals surface area (Å²) in [6, 6.07) is 19.7. The van der Waals surface area contributed by atoms with E-state index in [0.717, 1.165) is 33.3 Å². The highest BCUT2D eigenvalue weighted by Crippen LogP contribution is 2.30. The van der Waals surface area contributed by atoms with E-state index in [4.69, 9.17) is 16.6 Å². The molecule has 1 aromatic heterocycles. The van der Waals surface area contributed by atoms with Gasteiger partial charge < -0.3 is 5.32 Å². The van der Waals surface area contributed by atoms with Gasteiger partial charge in [0.25, 0.3) is 5.91 Å². The topological polar surface area (TPSA) is 42.0 Å². The number of anilines is 1. The summed E-state index contributed by atoms with van der Waals surface area (Å²) in [5.41, 5.74) is 5.32. The van der Waals surface area contributed by atoms with Gasteiger partial charge in [0.15, 0.2) is 0 Å². The Morgan fingerprint density at radius 2 is 1.72 bits per heavy atom. The van der Waals surface area contributed by atoms with Gasteiger partial charge in [-0.2, -0.15) is 0 Å². The predicted octanol–water partition coefficient (Wildman–Crippen LogP) is 6.56. The number of carbonyl (C=O) groups is 1. The summed E-state index contributed by atoms with van der Waals surface area (Å²) in [5.74, 6) is -0.825. The van der Waals surface area contributed by atoms with E-state index in [2.05, 4.69) is 5.32 Å². The molecule has 0 atom stereocenters. The zero-order chi connectivity index (χ0) is 20.5. The van der Waals surface area contributed by atoms with Gasteiger partial charge in [0.05, 0.1) is 21.8 Å². The number of aromatic nitrogens is 1. The largest absolute Gasteiger partial charge is 0.322 e. The number of para-hydroxylation sites is 1. The van der Waals surface area contributed by atoms with Gasteiger partial charge in [0.2, 0.25) is 0 Å². The van der Waals surface area contributed by atoms with E-state index in [0.29, 0.717) is 11.3 Å². The summed E-state index contributed by atoms with van der Waals surface area (Å²) in [4.78, 5) is 18.0. The molecule has 4 aromatic rings. The minimum absolute atomic E-state index is 0.0422. The second-order valence-electron chi connectivity index (χ2n) is 6.93. The lowest BCUT2D eigenvalue weighted by atomic mass is 9.96. The molecule has 0 spiro atoms. The molecule has 1 N–H and O–H groups in total. The minimum atomic E-state index is -0.531. The molecule has 0 aliphatic rings. The molecular formula is C24H18ClFN2O. The smallest absolute Gasteiger partial charge is 0.256 e. The number of amides is 1. The van der Waals surface area contributed by atoms with Crippen molar-refractivity contribution >= 4 is 34.1 Å². The van der Waals surface area contributed by atoms with E-state index >= 15 is 0 Å². The van der Waals surface area contributed by atoms with Crippen LogP contribution in [0.15, 0.2) is 66.7 Å². The van der Waals surface area contributed by atoms with E-state index < -0.39 is 5.82 Å².